The molecular weight excluding hydrogens is 97.7 g/mol. The molecule has 0 bridgehead atoms. The van der Waals surface area contributed by atoms with Gasteiger partial charge in [-0.05, 0) is 0 Å². The van der Waals surface area contributed by atoms with Crippen LogP contribution in [0.1, 0.15) is 7.43 Å². The molecule has 0 aliphatic rings. The Hall–Kier alpha value is 1.31. The van der Waals surface area contributed by atoms with Crippen molar-refractivity contribution in [1.82, 2.24) is 0 Å². The van der Waals surface area contributed by atoms with Crippen molar-refractivity contribution in [3.8, 4) is 0 Å². The fourth-order valence-corrected chi connectivity index (χ4v) is 0. The zero-order valence-electron chi connectivity index (χ0n) is 1.08. The van der Waals surface area contributed by atoms with Crippen LogP contribution < -0.4 is 0 Å². The molecule has 3 radical (unpaired) electrons. The van der Waals surface area contributed by atoms with Gasteiger partial charge < -0.3 is 0 Å². The Kier molecular flexibility index (Phi) is 394. The van der Waals surface area contributed by atoms with Crippen molar-refractivity contribution in [2.45, 2.75) is 7.43 Å². The van der Waals surface area contributed by atoms with Crippen LogP contribution in [0.5, 0.6) is 0 Å². The Balaban J connectivity index is 0. The second-order valence-corrected chi connectivity index (χ2v) is 0. The first kappa shape index (κ1) is 57.4. The number of hydrogen-bond acceptors (Lipinski definition) is 0. The first-order chi connectivity index (χ1) is 0. The number of rotatable bonds is 0. The topological polar surface area (TPSA) is 0 Å². The van der Waals surface area contributed by atoms with Crippen LogP contribution in [0.25, 0.3) is 0 Å². The Morgan fingerprint density at radius 3 is 1.00 bits per heavy atom. The van der Waals surface area contributed by atoms with Gasteiger partial charge in [-0.3, -0.25) is 0 Å². The van der Waals surface area contributed by atoms with E-state index in [-0.39, 0.29) is 54.9 Å². The first-order valence-corrected chi connectivity index (χ1v) is 0. The molecule has 0 fully saturated rings. The van der Waals surface area contributed by atoms with Gasteiger partial charge >= 0.3 is 0 Å². The van der Waals surface area contributed by atoms with E-state index in [1.54, 1.807) is 0 Å². The molecule has 0 N–H and O–H groups in total. The Labute approximate surface area is 54.9 Å². The summed E-state index contributed by atoms with van der Waals surface area (Å²) >= 11 is 0. The average Bonchev–Trinajstić information content (AvgIpc) is 0. The smallest absolute Gasteiger partial charge is 0.0776 e. The van der Waals surface area contributed by atoms with E-state index in [1.807, 2.05) is 0 Å². The summed E-state index contributed by atoms with van der Waals surface area (Å²) in [6.07, 6.45) is 0. The summed E-state index contributed by atoms with van der Waals surface area (Å²) in [5.74, 6) is 0. The Bertz CT molecular complexity index is 8.00. The van der Waals surface area contributed by atoms with E-state index in [9.17, 15) is 0 Å². The third-order valence-electron chi connectivity index (χ3n) is 0. The maximum Gasteiger partial charge on any atom is 0.187 e. The minimum Gasteiger partial charge on any atom is -0.0776 e. The minimum atomic E-state index is 0. The van der Waals surface area contributed by atoms with Gasteiger partial charge in [0.2, 0.25) is 0 Å². The summed E-state index contributed by atoms with van der Waals surface area (Å²) in [6, 6.07) is 0. The van der Waals surface area contributed by atoms with Crippen molar-refractivity contribution in [3.63, 3.8) is 0 Å². The molecule has 0 aliphatic heterocycles. The third kappa shape index (κ3) is 10.3. The van der Waals surface area contributed by atoms with Gasteiger partial charge in [0.05, 0.1) is 0 Å². The van der Waals surface area contributed by atoms with E-state index in [2.05, 4.69) is 0 Å². The molecule has 0 amide bonds. The molecule has 0 aromatic rings. The van der Waals surface area contributed by atoms with E-state index in [0.29, 0.717) is 0 Å². The van der Waals surface area contributed by atoms with E-state index in [0.717, 1.165) is 0 Å². The molecule has 21 valence electrons. The standard InChI is InChI=1S/CH4.Al.B.Ti.3H/h1H4;;;;;;. The van der Waals surface area contributed by atoms with Gasteiger partial charge in [0.1, 0.15) is 0 Å². The van der Waals surface area contributed by atoms with Crippen molar-refractivity contribution in [1.29, 1.82) is 0 Å². The fourth-order valence-electron chi connectivity index (χ4n) is 0. The van der Waals surface area contributed by atoms with Gasteiger partial charge in [-0.25, -0.2) is 0 Å². The van der Waals surface area contributed by atoms with E-state index < -0.39 is 0 Å². The molecule has 0 aliphatic carbocycles. The third-order valence-corrected chi connectivity index (χ3v) is 0. The second kappa shape index (κ2) is 27.5. The summed E-state index contributed by atoms with van der Waals surface area (Å²) in [5, 5.41) is 0. The van der Waals surface area contributed by atoms with Crippen LogP contribution >= 0.6 is 0 Å². The molecule has 0 rings (SSSR count). The first-order valence-electron chi connectivity index (χ1n) is 0. The van der Waals surface area contributed by atoms with Crippen LogP contribution in [0.3, 0.4) is 0 Å². The Morgan fingerprint density at radius 2 is 1.00 bits per heavy atom. The molecule has 0 unspecified atom stereocenters. The fraction of sp³-hybridized carbons (Fsp3) is 1.00. The van der Waals surface area contributed by atoms with Gasteiger partial charge in [-0.1, -0.05) is 7.43 Å². The molecule has 0 saturated heterocycles. The average molecular weight is 105 g/mol. The van der Waals surface area contributed by atoms with Crippen molar-refractivity contribution in [2.75, 3.05) is 0 Å². The molecule has 0 aromatic carbocycles. The predicted octanol–water partition coefficient (Wildman–Crippen LogP) is -0.931. The molecular formula is CH7AlBTi. The van der Waals surface area contributed by atoms with Gasteiger partial charge in [-0.2, -0.15) is 0 Å². The SMILES string of the molecule is C.[AlH3].[B].[Ti]. The van der Waals surface area contributed by atoms with Crippen molar-refractivity contribution in [3.05, 3.63) is 0 Å². The summed E-state index contributed by atoms with van der Waals surface area (Å²) in [6.45, 7) is 0. The van der Waals surface area contributed by atoms with Crippen LogP contribution in [0, 0.1) is 0 Å². The molecule has 0 aromatic heterocycles. The van der Waals surface area contributed by atoms with Crippen LogP contribution in [-0.2, 0) is 21.7 Å². The quantitative estimate of drug-likeness (QED) is 0.349. The van der Waals surface area contributed by atoms with Gasteiger partial charge in [0.25, 0.3) is 0 Å². The number of hydrogen-bond donors (Lipinski definition) is 0. The largest absolute Gasteiger partial charge is 0.187 e. The summed E-state index contributed by atoms with van der Waals surface area (Å²) in [5.41, 5.74) is 0. The molecule has 4 heavy (non-hydrogen) atoms. The van der Waals surface area contributed by atoms with Crippen molar-refractivity contribution >= 4 is 25.8 Å². The van der Waals surface area contributed by atoms with Crippen LogP contribution in [0.15, 0.2) is 0 Å². The summed E-state index contributed by atoms with van der Waals surface area (Å²) in [7, 11) is 0. The second-order valence-electron chi connectivity index (χ2n) is 0. The maximum absolute atomic E-state index is 0. The molecule has 0 spiro atoms. The van der Waals surface area contributed by atoms with Gasteiger partial charge in [-0.15, -0.1) is 0 Å². The molecule has 0 saturated carbocycles. The van der Waals surface area contributed by atoms with Crippen LogP contribution in [-0.4, -0.2) is 25.8 Å². The summed E-state index contributed by atoms with van der Waals surface area (Å²) < 4.78 is 0. The van der Waals surface area contributed by atoms with Crippen LogP contribution in [0.2, 0.25) is 0 Å². The summed E-state index contributed by atoms with van der Waals surface area (Å²) in [4.78, 5) is 0. The monoisotopic (exact) mass is 105 g/mol. The molecule has 0 heterocycles. The maximum atomic E-state index is 0. The predicted molar refractivity (Wildman–Crippen MR) is 22.4 cm³/mol. The molecule has 0 atom stereocenters. The Morgan fingerprint density at radius 1 is 1.00 bits per heavy atom. The zero-order chi connectivity index (χ0) is 0. The van der Waals surface area contributed by atoms with E-state index in [1.165, 1.54) is 0 Å². The minimum absolute atomic E-state index is 0. The zero-order valence-corrected chi connectivity index (χ0v) is 2.64. The van der Waals surface area contributed by atoms with Crippen LogP contribution in [0.4, 0.5) is 0 Å². The molecule has 0 nitrogen and oxygen atoms in total. The van der Waals surface area contributed by atoms with Gasteiger partial charge in [0, 0.05) is 30.1 Å². The molecule has 3 heteroatoms. The van der Waals surface area contributed by atoms with E-state index in [4.69, 9.17) is 0 Å². The normalized spacial score (nSPS) is 0. The van der Waals surface area contributed by atoms with Crippen molar-refractivity contribution < 1.29 is 21.7 Å². The van der Waals surface area contributed by atoms with E-state index >= 15 is 0 Å². The van der Waals surface area contributed by atoms with Gasteiger partial charge in [0.15, 0.2) is 17.4 Å². The van der Waals surface area contributed by atoms with Crippen molar-refractivity contribution in [2.24, 2.45) is 0 Å².